The molecule has 1 saturated heterocycles. The van der Waals surface area contributed by atoms with E-state index < -0.39 is 0 Å². The summed E-state index contributed by atoms with van der Waals surface area (Å²) in [5, 5.41) is 3.03. The van der Waals surface area contributed by atoms with Gasteiger partial charge in [-0.3, -0.25) is 4.79 Å². The standard InChI is InChI=1S/C15H25N3O2/c1-11(2)18-12(3)10-17-14(18)4-7-16-15(19)13-5-8-20-9-6-13/h10-11,13H,4-9H2,1-3H3,(H,16,19). The lowest BCUT2D eigenvalue weighted by Gasteiger charge is -2.21. The molecule has 1 amide bonds. The van der Waals surface area contributed by atoms with Crippen molar-refractivity contribution in [2.24, 2.45) is 5.92 Å². The number of aryl methyl sites for hydroxylation is 1. The average molecular weight is 279 g/mol. The number of hydrogen-bond donors (Lipinski definition) is 1. The lowest BCUT2D eigenvalue weighted by Crippen LogP contribution is -2.35. The second-order valence-electron chi connectivity index (χ2n) is 5.71. The molecule has 112 valence electrons. The van der Waals surface area contributed by atoms with Crippen molar-refractivity contribution in [2.45, 2.75) is 46.1 Å². The van der Waals surface area contributed by atoms with Crippen molar-refractivity contribution in [2.75, 3.05) is 19.8 Å². The summed E-state index contributed by atoms with van der Waals surface area (Å²) in [6.45, 7) is 8.43. The van der Waals surface area contributed by atoms with E-state index in [0.29, 0.717) is 25.8 Å². The Labute approximate surface area is 120 Å². The van der Waals surface area contributed by atoms with E-state index in [0.717, 1.165) is 25.1 Å². The van der Waals surface area contributed by atoms with Gasteiger partial charge in [0, 0.05) is 50.0 Å². The van der Waals surface area contributed by atoms with E-state index in [4.69, 9.17) is 4.74 Å². The first-order valence-corrected chi connectivity index (χ1v) is 7.47. The highest BCUT2D eigenvalue weighted by molar-refractivity contribution is 5.78. The van der Waals surface area contributed by atoms with Gasteiger partial charge in [-0.2, -0.15) is 0 Å². The number of hydrogen-bond acceptors (Lipinski definition) is 3. The number of carbonyl (C=O) groups is 1. The van der Waals surface area contributed by atoms with Crippen LogP contribution in [0.2, 0.25) is 0 Å². The highest BCUT2D eigenvalue weighted by Gasteiger charge is 2.21. The van der Waals surface area contributed by atoms with Crippen molar-refractivity contribution < 1.29 is 9.53 Å². The molecule has 0 radical (unpaired) electrons. The topological polar surface area (TPSA) is 56.1 Å². The van der Waals surface area contributed by atoms with Crippen LogP contribution in [0.3, 0.4) is 0 Å². The van der Waals surface area contributed by atoms with E-state index in [1.807, 2.05) is 6.20 Å². The Kier molecular flexibility index (Phi) is 5.17. The largest absolute Gasteiger partial charge is 0.381 e. The summed E-state index contributed by atoms with van der Waals surface area (Å²) in [6, 6.07) is 0.402. The zero-order valence-corrected chi connectivity index (χ0v) is 12.7. The summed E-state index contributed by atoms with van der Waals surface area (Å²) in [4.78, 5) is 16.5. The molecule has 1 aliphatic rings. The molecule has 1 aliphatic heterocycles. The zero-order valence-electron chi connectivity index (χ0n) is 12.7. The van der Waals surface area contributed by atoms with Crippen LogP contribution < -0.4 is 5.32 Å². The van der Waals surface area contributed by atoms with Gasteiger partial charge in [0.1, 0.15) is 5.82 Å². The van der Waals surface area contributed by atoms with Gasteiger partial charge in [0.05, 0.1) is 0 Å². The first-order valence-electron chi connectivity index (χ1n) is 7.47. The Balaban J connectivity index is 1.82. The van der Waals surface area contributed by atoms with Gasteiger partial charge in [-0.05, 0) is 33.6 Å². The molecule has 0 atom stereocenters. The predicted molar refractivity (Wildman–Crippen MR) is 77.6 cm³/mol. The molecular weight excluding hydrogens is 254 g/mol. The first kappa shape index (κ1) is 15.0. The van der Waals surface area contributed by atoms with Crippen molar-refractivity contribution >= 4 is 5.91 Å². The Morgan fingerprint density at radius 1 is 1.50 bits per heavy atom. The fourth-order valence-corrected chi connectivity index (χ4v) is 2.79. The van der Waals surface area contributed by atoms with Crippen molar-refractivity contribution in [1.29, 1.82) is 0 Å². The molecule has 5 nitrogen and oxygen atoms in total. The number of nitrogens with zero attached hydrogens (tertiary/aromatic N) is 2. The Hall–Kier alpha value is -1.36. The molecule has 0 unspecified atom stereocenters. The molecule has 1 aromatic rings. The fraction of sp³-hybridized carbons (Fsp3) is 0.733. The van der Waals surface area contributed by atoms with Crippen LogP contribution >= 0.6 is 0 Å². The molecule has 1 fully saturated rings. The Morgan fingerprint density at radius 2 is 2.20 bits per heavy atom. The monoisotopic (exact) mass is 279 g/mol. The smallest absolute Gasteiger partial charge is 0.223 e. The van der Waals surface area contributed by atoms with Crippen molar-refractivity contribution in [3.63, 3.8) is 0 Å². The summed E-state index contributed by atoms with van der Waals surface area (Å²) < 4.78 is 7.50. The van der Waals surface area contributed by atoms with E-state index in [1.54, 1.807) is 0 Å². The van der Waals surface area contributed by atoms with Gasteiger partial charge in [0.25, 0.3) is 0 Å². The fourth-order valence-electron chi connectivity index (χ4n) is 2.79. The number of imidazole rings is 1. The van der Waals surface area contributed by atoms with Crippen LogP contribution in [0.1, 0.15) is 44.2 Å². The number of amides is 1. The average Bonchev–Trinajstić information content (AvgIpc) is 2.81. The molecule has 5 heteroatoms. The number of rotatable bonds is 5. The van der Waals surface area contributed by atoms with Crippen LogP contribution in [0.5, 0.6) is 0 Å². The molecule has 20 heavy (non-hydrogen) atoms. The molecule has 0 aliphatic carbocycles. The maximum absolute atomic E-state index is 12.0. The van der Waals surface area contributed by atoms with Gasteiger partial charge < -0.3 is 14.6 Å². The molecular formula is C15H25N3O2. The van der Waals surface area contributed by atoms with E-state index in [2.05, 4.69) is 35.6 Å². The summed E-state index contributed by atoms with van der Waals surface area (Å²) in [7, 11) is 0. The maximum Gasteiger partial charge on any atom is 0.223 e. The molecule has 0 saturated carbocycles. The number of nitrogens with one attached hydrogen (secondary N) is 1. The minimum absolute atomic E-state index is 0.121. The summed E-state index contributed by atoms with van der Waals surface area (Å²) >= 11 is 0. The van der Waals surface area contributed by atoms with E-state index in [9.17, 15) is 4.79 Å². The molecule has 0 spiro atoms. The third kappa shape index (κ3) is 3.60. The maximum atomic E-state index is 12.0. The van der Waals surface area contributed by atoms with Gasteiger partial charge in [0.15, 0.2) is 0 Å². The van der Waals surface area contributed by atoms with Gasteiger partial charge in [-0.15, -0.1) is 0 Å². The van der Waals surface area contributed by atoms with Crippen molar-refractivity contribution in [1.82, 2.24) is 14.9 Å². The lowest BCUT2D eigenvalue weighted by atomic mass is 9.99. The van der Waals surface area contributed by atoms with Crippen LogP contribution in [0.4, 0.5) is 0 Å². The number of aromatic nitrogens is 2. The molecule has 2 rings (SSSR count). The normalized spacial score (nSPS) is 16.6. The first-order chi connectivity index (χ1) is 9.59. The Morgan fingerprint density at radius 3 is 2.85 bits per heavy atom. The van der Waals surface area contributed by atoms with E-state index in [1.165, 1.54) is 5.69 Å². The van der Waals surface area contributed by atoms with Crippen LogP contribution in [0.25, 0.3) is 0 Å². The third-order valence-electron chi connectivity index (χ3n) is 3.81. The van der Waals surface area contributed by atoms with Crippen molar-refractivity contribution in [3.8, 4) is 0 Å². The summed E-state index contributed by atoms with van der Waals surface area (Å²) in [6.07, 6.45) is 4.35. The number of carbonyl (C=O) groups excluding carboxylic acids is 1. The number of ether oxygens (including phenoxy) is 1. The van der Waals surface area contributed by atoms with E-state index in [-0.39, 0.29) is 11.8 Å². The summed E-state index contributed by atoms with van der Waals surface area (Å²) in [5.41, 5.74) is 1.17. The summed E-state index contributed by atoms with van der Waals surface area (Å²) in [5.74, 6) is 1.33. The van der Waals surface area contributed by atoms with Gasteiger partial charge in [0.2, 0.25) is 5.91 Å². The van der Waals surface area contributed by atoms with Crippen LogP contribution in [0.15, 0.2) is 6.20 Å². The predicted octanol–water partition coefficient (Wildman–Crippen LogP) is 1.86. The molecule has 1 aromatic heterocycles. The second-order valence-corrected chi connectivity index (χ2v) is 5.71. The van der Waals surface area contributed by atoms with Gasteiger partial charge >= 0.3 is 0 Å². The highest BCUT2D eigenvalue weighted by atomic mass is 16.5. The third-order valence-corrected chi connectivity index (χ3v) is 3.81. The molecule has 1 N–H and O–H groups in total. The molecule has 2 heterocycles. The quantitative estimate of drug-likeness (QED) is 0.895. The Bertz CT molecular complexity index is 448. The minimum Gasteiger partial charge on any atom is -0.381 e. The SMILES string of the molecule is Cc1cnc(CCNC(=O)C2CCOCC2)n1C(C)C. The van der Waals surface area contributed by atoms with Crippen LogP contribution in [-0.2, 0) is 16.0 Å². The van der Waals surface area contributed by atoms with Crippen LogP contribution in [-0.4, -0.2) is 35.2 Å². The molecule has 0 bridgehead atoms. The molecule has 0 aromatic carbocycles. The lowest BCUT2D eigenvalue weighted by molar-refractivity contribution is -0.127. The zero-order chi connectivity index (χ0) is 14.5. The van der Waals surface area contributed by atoms with Gasteiger partial charge in [-0.1, -0.05) is 0 Å². The highest BCUT2D eigenvalue weighted by Crippen LogP contribution is 2.15. The van der Waals surface area contributed by atoms with Crippen LogP contribution in [0, 0.1) is 12.8 Å². The van der Waals surface area contributed by atoms with E-state index >= 15 is 0 Å². The van der Waals surface area contributed by atoms with Gasteiger partial charge in [-0.25, -0.2) is 4.98 Å². The van der Waals surface area contributed by atoms with Crippen molar-refractivity contribution in [3.05, 3.63) is 17.7 Å². The second kappa shape index (κ2) is 6.88. The minimum atomic E-state index is 0.121.